The van der Waals surface area contributed by atoms with Crippen LogP contribution in [0.4, 0.5) is 18.9 Å². The minimum absolute atomic E-state index is 0.00887. The van der Waals surface area contributed by atoms with Gasteiger partial charge in [0.25, 0.3) is 0 Å². The molecule has 0 aromatic heterocycles. The molecule has 0 unspecified atom stereocenters. The Labute approximate surface area is 79.5 Å². The van der Waals surface area contributed by atoms with E-state index in [-0.39, 0.29) is 17.0 Å². The van der Waals surface area contributed by atoms with E-state index in [9.17, 15) is 13.2 Å². The van der Waals surface area contributed by atoms with Crippen LogP contribution in [0.25, 0.3) is 0 Å². The Kier molecular flexibility index (Phi) is 2.59. The highest BCUT2D eigenvalue weighted by Gasteiger charge is 2.36. The van der Waals surface area contributed by atoms with E-state index < -0.39 is 11.7 Å². The molecule has 0 bridgehead atoms. The fraction of sp³-hybridized carbons (Fsp3) is 0.333. The van der Waals surface area contributed by atoms with Gasteiger partial charge in [0.15, 0.2) is 5.75 Å². The zero-order valence-electron chi connectivity index (χ0n) is 7.77. The van der Waals surface area contributed by atoms with Crippen LogP contribution in [0.15, 0.2) is 12.1 Å². The highest BCUT2D eigenvalue weighted by Crippen LogP contribution is 2.41. The standard InChI is InChI=1S/C9H10F3NO/c1-5-3-4-6(13)8(14-2)7(5)9(10,11)12/h3-4H,13H2,1-2H3. The van der Waals surface area contributed by atoms with E-state index in [2.05, 4.69) is 4.74 Å². The second kappa shape index (κ2) is 3.40. The molecule has 0 atom stereocenters. The third-order valence-electron chi connectivity index (χ3n) is 1.88. The second-order valence-electron chi connectivity index (χ2n) is 2.88. The largest absolute Gasteiger partial charge is 0.494 e. The number of alkyl halides is 3. The molecule has 0 spiro atoms. The number of nitrogens with two attached hydrogens (primary N) is 1. The number of methoxy groups -OCH3 is 1. The van der Waals surface area contributed by atoms with E-state index in [4.69, 9.17) is 5.73 Å². The fourth-order valence-electron chi connectivity index (χ4n) is 1.27. The van der Waals surface area contributed by atoms with E-state index in [1.54, 1.807) is 0 Å². The van der Waals surface area contributed by atoms with E-state index in [1.807, 2.05) is 0 Å². The molecule has 0 aliphatic heterocycles. The lowest BCUT2D eigenvalue weighted by atomic mass is 10.1. The number of halogens is 3. The van der Waals surface area contributed by atoms with Crippen LogP contribution in [0.1, 0.15) is 11.1 Å². The van der Waals surface area contributed by atoms with Crippen LogP contribution in [0.5, 0.6) is 5.75 Å². The lowest BCUT2D eigenvalue weighted by molar-refractivity contribution is -0.139. The zero-order valence-corrected chi connectivity index (χ0v) is 7.77. The third kappa shape index (κ3) is 1.76. The molecule has 1 aromatic rings. The van der Waals surface area contributed by atoms with Crippen molar-refractivity contribution in [2.75, 3.05) is 12.8 Å². The SMILES string of the molecule is COc1c(N)ccc(C)c1C(F)(F)F. The number of anilines is 1. The normalized spacial score (nSPS) is 11.5. The molecule has 0 saturated carbocycles. The number of hydrogen-bond donors (Lipinski definition) is 1. The lowest BCUT2D eigenvalue weighted by Gasteiger charge is -2.15. The Morgan fingerprint density at radius 2 is 1.86 bits per heavy atom. The number of aryl methyl sites for hydroxylation is 1. The predicted molar refractivity (Wildman–Crippen MR) is 47.1 cm³/mol. The van der Waals surface area contributed by atoms with Crippen molar-refractivity contribution in [1.29, 1.82) is 0 Å². The van der Waals surface area contributed by atoms with E-state index >= 15 is 0 Å². The van der Waals surface area contributed by atoms with Gasteiger partial charge in [-0.15, -0.1) is 0 Å². The maximum absolute atomic E-state index is 12.5. The Morgan fingerprint density at radius 3 is 2.21 bits per heavy atom. The quantitative estimate of drug-likeness (QED) is 0.715. The fourth-order valence-corrected chi connectivity index (χ4v) is 1.27. The van der Waals surface area contributed by atoms with Gasteiger partial charge in [-0.05, 0) is 18.6 Å². The molecule has 2 nitrogen and oxygen atoms in total. The number of benzene rings is 1. The van der Waals surface area contributed by atoms with Gasteiger partial charge in [-0.3, -0.25) is 0 Å². The van der Waals surface area contributed by atoms with Crippen molar-refractivity contribution in [2.24, 2.45) is 0 Å². The van der Waals surface area contributed by atoms with Crippen molar-refractivity contribution >= 4 is 5.69 Å². The number of ether oxygens (including phenoxy) is 1. The molecular formula is C9H10F3NO. The molecule has 0 radical (unpaired) electrons. The summed E-state index contributed by atoms with van der Waals surface area (Å²) in [6.07, 6.45) is -4.44. The highest BCUT2D eigenvalue weighted by molar-refractivity contribution is 5.60. The number of rotatable bonds is 1. The molecule has 1 rings (SSSR count). The summed E-state index contributed by atoms with van der Waals surface area (Å²) in [6, 6.07) is 2.71. The van der Waals surface area contributed by atoms with Gasteiger partial charge in [-0.2, -0.15) is 13.2 Å². The van der Waals surface area contributed by atoms with Crippen LogP contribution in [-0.4, -0.2) is 7.11 Å². The summed E-state index contributed by atoms with van der Waals surface area (Å²) in [6.45, 7) is 1.37. The zero-order chi connectivity index (χ0) is 10.9. The number of hydrogen-bond acceptors (Lipinski definition) is 2. The molecule has 0 amide bonds. The second-order valence-corrected chi connectivity index (χ2v) is 2.88. The molecule has 0 saturated heterocycles. The Balaban J connectivity index is 3.46. The average molecular weight is 205 g/mol. The molecule has 1 aromatic carbocycles. The summed E-state index contributed by atoms with van der Waals surface area (Å²) in [5, 5.41) is 0. The molecular weight excluding hydrogens is 195 g/mol. The Hall–Kier alpha value is -1.39. The maximum atomic E-state index is 12.5. The van der Waals surface area contributed by atoms with Crippen LogP contribution in [0.3, 0.4) is 0 Å². The molecule has 14 heavy (non-hydrogen) atoms. The van der Waals surface area contributed by atoms with Crippen molar-refractivity contribution in [3.8, 4) is 5.75 Å². The van der Waals surface area contributed by atoms with Gasteiger partial charge in [0.05, 0.1) is 12.8 Å². The lowest BCUT2D eigenvalue weighted by Crippen LogP contribution is -2.11. The number of nitrogen functional groups attached to an aromatic ring is 1. The summed E-state index contributed by atoms with van der Waals surface area (Å²) in [5.74, 6) is -0.308. The molecule has 78 valence electrons. The third-order valence-corrected chi connectivity index (χ3v) is 1.88. The topological polar surface area (TPSA) is 35.2 Å². The minimum atomic E-state index is -4.44. The molecule has 0 aliphatic carbocycles. The first kappa shape index (κ1) is 10.7. The van der Waals surface area contributed by atoms with Crippen molar-refractivity contribution in [2.45, 2.75) is 13.1 Å². The van der Waals surface area contributed by atoms with Crippen LogP contribution in [0.2, 0.25) is 0 Å². The van der Waals surface area contributed by atoms with Gasteiger partial charge in [0.2, 0.25) is 0 Å². The van der Waals surface area contributed by atoms with Crippen LogP contribution in [0, 0.1) is 6.92 Å². The minimum Gasteiger partial charge on any atom is -0.494 e. The summed E-state index contributed by atoms with van der Waals surface area (Å²) in [4.78, 5) is 0. The molecule has 0 aliphatic rings. The van der Waals surface area contributed by atoms with Crippen molar-refractivity contribution < 1.29 is 17.9 Å². The van der Waals surface area contributed by atoms with Crippen molar-refractivity contribution in [3.05, 3.63) is 23.3 Å². The highest BCUT2D eigenvalue weighted by atomic mass is 19.4. The Morgan fingerprint density at radius 1 is 1.29 bits per heavy atom. The summed E-state index contributed by atoms with van der Waals surface area (Å²) >= 11 is 0. The van der Waals surface area contributed by atoms with Gasteiger partial charge in [0, 0.05) is 0 Å². The summed E-state index contributed by atoms with van der Waals surface area (Å²) in [5.41, 5.74) is 4.66. The van der Waals surface area contributed by atoms with Gasteiger partial charge in [-0.1, -0.05) is 6.07 Å². The van der Waals surface area contributed by atoms with Crippen LogP contribution >= 0.6 is 0 Å². The van der Waals surface area contributed by atoms with Crippen LogP contribution < -0.4 is 10.5 Å². The monoisotopic (exact) mass is 205 g/mol. The first-order valence-corrected chi connectivity index (χ1v) is 3.88. The van der Waals surface area contributed by atoms with Gasteiger partial charge in [-0.25, -0.2) is 0 Å². The molecule has 2 N–H and O–H groups in total. The van der Waals surface area contributed by atoms with E-state index in [0.29, 0.717) is 0 Å². The van der Waals surface area contributed by atoms with Gasteiger partial charge < -0.3 is 10.5 Å². The van der Waals surface area contributed by atoms with Gasteiger partial charge >= 0.3 is 6.18 Å². The Bertz CT molecular complexity index is 347. The van der Waals surface area contributed by atoms with Crippen molar-refractivity contribution in [1.82, 2.24) is 0 Å². The smallest absolute Gasteiger partial charge is 0.420 e. The molecule has 0 fully saturated rings. The average Bonchev–Trinajstić information content (AvgIpc) is 2.06. The predicted octanol–water partition coefficient (Wildman–Crippen LogP) is 2.60. The first-order valence-electron chi connectivity index (χ1n) is 3.88. The van der Waals surface area contributed by atoms with Gasteiger partial charge in [0.1, 0.15) is 5.56 Å². The first-order chi connectivity index (χ1) is 6.38. The van der Waals surface area contributed by atoms with Crippen molar-refractivity contribution in [3.63, 3.8) is 0 Å². The molecule has 0 heterocycles. The maximum Gasteiger partial charge on any atom is 0.420 e. The summed E-state index contributed by atoms with van der Waals surface area (Å²) < 4.78 is 42.3. The van der Waals surface area contributed by atoms with Crippen LogP contribution in [-0.2, 0) is 6.18 Å². The van der Waals surface area contributed by atoms with E-state index in [1.165, 1.54) is 26.2 Å². The summed E-state index contributed by atoms with van der Waals surface area (Å²) in [7, 11) is 1.17. The molecule has 5 heteroatoms. The van der Waals surface area contributed by atoms with E-state index in [0.717, 1.165) is 0 Å².